The molecule has 116 valence electrons. The van der Waals surface area contributed by atoms with E-state index >= 15 is 0 Å². The molecule has 0 amide bonds. The highest BCUT2D eigenvalue weighted by atomic mass is 16.5. The normalized spacial score (nSPS) is 13.3. The molecule has 0 atom stereocenters. The minimum Gasteiger partial charge on any atom is -0.481 e. The number of pyridine rings is 1. The van der Waals surface area contributed by atoms with Gasteiger partial charge in [-0.15, -0.1) is 0 Å². The number of carboxylic acids is 1. The van der Waals surface area contributed by atoms with Crippen molar-refractivity contribution in [3.05, 3.63) is 47.3 Å². The first kappa shape index (κ1) is 13.8. The molecule has 0 spiro atoms. The van der Waals surface area contributed by atoms with Gasteiger partial charge in [-0.1, -0.05) is 0 Å². The number of benzene rings is 1. The summed E-state index contributed by atoms with van der Waals surface area (Å²) in [5, 5.41) is 10.5. The minimum absolute atomic E-state index is 0.176. The summed E-state index contributed by atoms with van der Waals surface area (Å²) in [6.07, 6.45) is 4.88. The van der Waals surface area contributed by atoms with Crippen LogP contribution in [-0.4, -0.2) is 28.2 Å². The Morgan fingerprint density at radius 3 is 2.83 bits per heavy atom. The molecule has 3 aromatic rings. The van der Waals surface area contributed by atoms with E-state index in [1.54, 1.807) is 19.4 Å². The quantitative estimate of drug-likeness (QED) is 0.777. The number of hydrogen-bond donors (Lipinski definition) is 2. The number of ether oxygens (including phenoxy) is 1. The summed E-state index contributed by atoms with van der Waals surface area (Å²) in [5.41, 5.74) is 4.97. The van der Waals surface area contributed by atoms with Crippen molar-refractivity contribution in [3.8, 4) is 17.0 Å². The highest BCUT2D eigenvalue weighted by Gasteiger charge is 2.23. The number of aromatic amines is 1. The van der Waals surface area contributed by atoms with Crippen LogP contribution >= 0.6 is 0 Å². The van der Waals surface area contributed by atoms with Gasteiger partial charge >= 0.3 is 5.97 Å². The molecule has 0 aliphatic heterocycles. The first-order valence-corrected chi connectivity index (χ1v) is 7.59. The number of methoxy groups -OCH3 is 1. The molecule has 5 heteroatoms. The average molecular weight is 308 g/mol. The molecule has 0 unspecified atom stereocenters. The zero-order valence-corrected chi connectivity index (χ0v) is 12.7. The van der Waals surface area contributed by atoms with Crippen LogP contribution in [-0.2, 0) is 12.8 Å². The Kier molecular flexibility index (Phi) is 3.08. The van der Waals surface area contributed by atoms with Gasteiger partial charge in [-0.3, -0.25) is 0 Å². The predicted molar refractivity (Wildman–Crippen MR) is 87.1 cm³/mol. The smallest absolute Gasteiger partial charge is 0.352 e. The topological polar surface area (TPSA) is 75.2 Å². The molecule has 1 aromatic carbocycles. The lowest BCUT2D eigenvalue weighted by Gasteiger charge is -2.08. The van der Waals surface area contributed by atoms with Crippen molar-refractivity contribution in [2.45, 2.75) is 19.3 Å². The van der Waals surface area contributed by atoms with Crippen LogP contribution in [0.5, 0.6) is 5.88 Å². The fourth-order valence-corrected chi connectivity index (χ4v) is 3.45. The van der Waals surface area contributed by atoms with Crippen LogP contribution in [0.2, 0.25) is 0 Å². The maximum atomic E-state index is 11.7. The van der Waals surface area contributed by atoms with Crippen LogP contribution in [0, 0.1) is 0 Å². The van der Waals surface area contributed by atoms with E-state index in [1.165, 1.54) is 11.1 Å². The number of nitrogens with zero attached hydrogens (tertiary/aromatic N) is 1. The number of rotatable bonds is 3. The largest absolute Gasteiger partial charge is 0.481 e. The first-order chi connectivity index (χ1) is 11.2. The third kappa shape index (κ3) is 2.08. The zero-order chi connectivity index (χ0) is 16.0. The number of fused-ring (bicyclic) bond motifs is 2. The van der Waals surface area contributed by atoms with Crippen LogP contribution in [0.3, 0.4) is 0 Å². The second kappa shape index (κ2) is 5.12. The Labute approximate surface area is 132 Å². The molecule has 5 nitrogen and oxygen atoms in total. The molecule has 0 saturated heterocycles. The summed E-state index contributed by atoms with van der Waals surface area (Å²) in [6.45, 7) is 0. The van der Waals surface area contributed by atoms with Crippen molar-refractivity contribution in [3.63, 3.8) is 0 Å². The maximum absolute atomic E-state index is 11.7. The van der Waals surface area contributed by atoms with Crippen molar-refractivity contribution in [2.24, 2.45) is 0 Å². The van der Waals surface area contributed by atoms with Crippen molar-refractivity contribution >= 4 is 16.9 Å². The number of hydrogen-bond acceptors (Lipinski definition) is 3. The van der Waals surface area contributed by atoms with Gasteiger partial charge in [0, 0.05) is 28.2 Å². The Balaban J connectivity index is 2.07. The molecule has 0 saturated carbocycles. The molecule has 23 heavy (non-hydrogen) atoms. The SMILES string of the molecule is COc1ncccc1-c1c(C(=O)O)[nH]c2cc3c(cc12)CCC3. The van der Waals surface area contributed by atoms with Crippen molar-refractivity contribution in [2.75, 3.05) is 7.11 Å². The van der Waals surface area contributed by atoms with Crippen LogP contribution < -0.4 is 4.74 Å². The van der Waals surface area contributed by atoms with Crippen LogP contribution in [0.4, 0.5) is 0 Å². The molecule has 2 heterocycles. The number of aryl methyl sites for hydroxylation is 2. The van der Waals surface area contributed by atoms with E-state index in [0.29, 0.717) is 17.0 Å². The lowest BCUT2D eigenvalue weighted by Crippen LogP contribution is -2.00. The van der Waals surface area contributed by atoms with Gasteiger partial charge in [0.25, 0.3) is 0 Å². The fourth-order valence-electron chi connectivity index (χ4n) is 3.45. The molecule has 1 aliphatic carbocycles. The van der Waals surface area contributed by atoms with Gasteiger partial charge in [0.05, 0.1) is 7.11 Å². The Hall–Kier alpha value is -2.82. The van der Waals surface area contributed by atoms with E-state index in [1.807, 2.05) is 6.07 Å². The van der Waals surface area contributed by atoms with Gasteiger partial charge in [-0.05, 0) is 54.7 Å². The third-order valence-corrected chi connectivity index (χ3v) is 4.46. The van der Waals surface area contributed by atoms with Gasteiger partial charge in [0.15, 0.2) is 0 Å². The monoisotopic (exact) mass is 308 g/mol. The average Bonchev–Trinajstić information content (AvgIpc) is 3.15. The zero-order valence-electron chi connectivity index (χ0n) is 12.7. The Bertz CT molecular complexity index is 927. The molecular formula is C18H16N2O3. The summed E-state index contributed by atoms with van der Waals surface area (Å²) in [5.74, 6) is -0.557. The van der Waals surface area contributed by atoms with Crippen LogP contribution in [0.15, 0.2) is 30.5 Å². The summed E-state index contributed by atoms with van der Waals surface area (Å²) >= 11 is 0. The molecule has 4 rings (SSSR count). The number of aromatic nitrogens is 2. The van der Waals surface area contributed by atoms with E-state index < -0.39 is 5.97 Å². The predicted octanol–water partition coefficient (Wildman–Crippen LogP) is 3.43. The van der Waals surface area contributed by atoms with E-state index in [9.17, 15) is 9.90 Å². The molecule has 1 aliphatic rings. The number of carboxylic acid groups (broad SMARTS) is 1. The Morgan fingerprint density at radius 1 is 1.30 bits per heavy atom. The highest BCUT2D eigenvalue weighted by molar-refractivity contribution is 6.08. The van der Waals surface area contributed by atoms with Crippen molar-refractivity contribution < 1.29 is 14.6 Å². The summed E-state index contributed by atoms with van der Waals surface area (Å²) in [4.78, 5) is 19.0. The lowest BCUT2D eigenvalue weighted by molar-refractivity contribution is 0.0692. The number of nitrogens with one attached hydrogen (secondary N) is 1. The second-order valence-electron chi connectivity index (χ2n) is 5.76. The summed E-state index contributed by atoms with van der Waals surface area (Å²) in [7, 11) is 1.54. The van der Waals surface area contributed by atoms with Crippen LogP contribution in [0.1, 0.15) is 28.0 Å². The van der Waals surface area contributed by atoms with Gasteiger partial charge in [0.1, 0.15) is 5.69 Å². The molecule has 0 radical (unpaired) electrons. The standard InChI is InChI=1S/C18H16N2O3/c1-23-17-12(6-3-7-19-17)15-13-8-10-4-2-5-11(10)9-14(13)20-16(15)18(21)22/h3,6-9,20H,2,4-5H2,1H3,(H,21,22). The van der Waals surface area contributed by atoms with Gasteiger partial charge in [-0.2, -0.15) is 0 Å². The second-order valence-corrected chi connectivity index (χ2v) is 5.76. The van der Waals surface area contributed by atoms with Gasteiger partial charge in [-0.25, -0.2) is 9.78 Å². The number of carbonyl (C=O) groups is 1. The van der Waals surface area contributed by atoms with E-state index in [2.05, 4.69) is 22.1 Å². The molecule has 0 bridgehead atoms. The fraction of sp³-hybridized carbons (Fsp3) is 0.222. The number of H-pyrrole nitrogens is 1. The minimum atomic E-state index is -0.984. The molecule has 2 N–H and O–H groups in total. The van der Waals surface area contributed by atoms with E-state index in [0.717, 1.165) is 30.2 Å². The summed E-state index contributed by atoms with van der Waals surface area (Å²) in [6, 6.07) is 7.82. The molecule has 2 aromatic heterocycles. The van der Waals surface area contributed by atoms with Crippen molar-refractivity contribution in [1.29, 1.82) is 0 Å². The summed E-state index contributed by atoms with van der Waals surface area (Å²) < 4.78 is 5.33. The highest BCUT2D eigenvalue weighted by Crippen LogP contribution is 2.39. The first-order valence-electron chi connectivity index (χ1n) is 7.59. The molecule has 0 fully saturated rings. The van der Waals surface area contributed by atoms with E-state index in [-0.39, 0.29) is 5.69 Å². The lowest BCUT2D eigenvalue weighted by atomic mass is 9.99. The third-order valence-electron chi connectivity index (χ3n) is 4.46. The number of aromatic carboxylic acids is 1. The van der Waals surface area contributed by atoms with Gasteiger partial charge in [0.2, 0.25) is 5.88 Å². The van der Waals surface area contributed by atoms with Gasteiger partial charge < -0.3 is 14.8 Å². The Morgan fingerprint density at radius 2 is 2.09 bits per heavy atom. The van der Waals surface area contributed by atoms with Crippen LogP contribution in [0.25, 0.3) is 22.0 Å². The van der Waals surface area contributed by atoms with E-state index in [4.69, 9.17) is 4.74 Å². The maximum Gasteiger partial charge on any atom is 0.352 e. The van der Waals surface area contributed by atoms with Crippen molar-refractivity contribution in [1.82, 2.24) is 9.97 Å². The molecular weight excluding hydrogens is 292 g/mol.